The lowest BCUT2D eigenvalue weighted by molar-refractivity contribution is -0.136. The lowest BCUT2D eigenvalue weighted by atomic mass is 10.0. The first-order valence-electron chi connectivity index (χ1n) is 7.80. The van der Waals surface area contributed by atoms with Crippen LogP contribution >= 0.6 is 0 Å². The summed E-state index contributed by atoms with van der Waals surface area (Å²) in [6.07, 6.45) is -3.40. The number of hydrogen-bond acceptors (Lipinski definition) is 5. The fourth-order valence-electron chi connectivity index (χ4n) is 2.41. The average molecular weight is 355 g/mol. The first-order valence-corrected chi connectivity index (χ1v) is 7.80. The number of carbonyl (C=O) groups is 1. The standard InChI is InChI=1S/C17H20F3N3O2/c1-4-25-16(24)12-10-22-15-11(14(12)21-8-9-23(2)3)6-5-7-13(15)17(18,19)20/h5-7,10H,4,8-9H2,1-3H3,(H,21,22). The third-order valence-electron chi connectivity index (χ3n) is 3.56. The van der Waals surface area contributed by atoms with Crippen molar-refractivity contribution in [1.82, 2.24) is 9.88 Å². The number of rotatable bonds is 6. The second-order valence-corrected chi connectivity index (χ2v) is 5.70. The highest BCUT2D eigenvalue weighted by Crippen LogP contribution is 2.36. The van der Waals surface area contributed by atoms with Crippen LogP contribution in [0.3, 0.4) is 0 Å². The van der Waals surface area contributed by atoms with Crippen LogP contribution in [-0.2, 0) is 10.9 Å². The molecule has 2 rings (SSSR count). The van der Waals surface area contributed by atoms with Gasteiger partial charge in [-0.25, -0.2) is 4.79 Å². The van der Waals surface area contributed by atoms with Gasteiger partial charge in [0.05, 0.1) is 23.4 Å². The number of nitrogens with zero attached hydrogens (tertiary/aromatic N) is 2. The summed E-state index contributed by atoms with van der Waals surface area (Å²) in [4.78, 5) is 18.0. The zero-order chi connectivity index (χ0) is 18.6. The predicted octanol–water partition coefficient (Wildman–Crippen LogP) is 3.40. The maximum absolute atomic E-state index is 13.2. The molecule has 0 saturated carbocycles. The Hall–Kier alpha value is -2.35. The van der Waals surface area contributed by atoms with Gasteiger partial charge in [-0.1, -0.05) is 12.1 Å². The maximum Gasteiger partial charge on any atom is 0.418 e. The van der Waals surface area contributed by atoms with Crippen LogP contribution < -0.4 is 5.32 Å². The van der Waals surface area contributed by atoms with Crippen molar-refractivity contribution < 1.29 is 22.7 Å². The molecule has 136 valence electrons. The highest BCUT2D eigenvalue weighted by molar-refractivity contribution is 6.05. The second kappa shape index (κ2) is 7.69. The molecule has 1 aromatic heterocycles. The fourth-order valence-corrected chi connectivity index (χ4v) is 2.41. The van der Waals surface area contributed by atoms with Crippen LogP contribution in [0.1, 0.15) is 22.8 Å². The van der Waals surface area contributed by atoms with Crippen molar-refractivity contribution in [3.8, 4) is 0 Å². The van der Waals surface area contributed by atoms with Gasteiger partial charge in [0.2, 0.25) is 0 Å². The van der Waals surface area contributed by atoms with Gasteiger partial charge >= 0.3 is 12.1 Å². The van der Waals surface area contributed by atoms with Gasteiger partial charge in [-0.2, -0.15) is 13.2 Å². The Morgan fingerprint density at radius 3 is 2.64 bits per heavy atom. The number of pyridine rings is 1. The van der Waals surface area contributed by atoms with Gasteiger partial charge in [0.1, 0.15) is 5.56 Å². The Labute approximate surface area is 143 Å². The van der Waals surface area contributed by atoms with Crippen LogP contribution in [0.5, 0.6) is 0 Å². The molecule has 0 saturated heterocycles. The number of carbonyl (C=O) groups excluding carboxylic acids is 1. The number of halogens is 3. The third kappa shape index (κ3) is 4.39. The summed E-state index contributed by atoms with van der Waals surface area (Å²) in [7, 11) is 3.75. The number of aromatic nitrogens is 1. The van der Waals surface area contributed by atoms with Crippen molar-refractivity contribution in [3.05, 3.63) is 35.5 Å². The predicted molar refractivity (Wildman–Crippen MR) is 89.7 cm³/mol. The molecule has 0 aliphatic heterocycles. The molecule has 0 amide bonds. The fraction of sp³-hybridized carbons (Fsp3) is 0.412. The van der Waals surface area contributed by atoms with Gasteiger partial charge in [-0.15, -0.1) is 0 Å². The normalized spacial score (nSPS) is 11.8. The number of esters is 1. The number of ether oxygens (including phenoxy) is 1. The van der Waals surface area contributed by atoms with Crippen LogP contribution in [0.4, 0.5) is 18.9 Å². The number of para-hydroxylation sites is 1. The molecule has 0 aliphatic carbocycles. The first-order chi connectivity index (χ1) is 11.8. The molecule has 0 fully saturated rings. The summed E-state index contributed by atoms with van der Waals surface area (Å²) in [5, 5.41) is 3.29. The monoisotopic (exact) mass is 355 g/mol. The van der Waals surface area contributed by atoms with Crippen molar-refractivity contribution in [2.75, 3.05) is 39.1 Å². The van der Waals surface area contributed by atoms with E-state index in [1.54, 1.807) is 6.92 Å². The molecule has 5 nitrogen and oxygen atoms in total. The quantitative estimate of drug-likeness (QED) is 0.805. The Kier molecular flexibility index (Phi) is 5.84. The van der Waals surface area contributed by atoms with Gasteiger partial charge in [-0.3, -0.25) is 4.98 Å². The Balaban J connectivity index is 2.59. The van der Waals surface area contributed by atoms with E-state index >= 15 is 0 Å². The number of nitrogens with one attached hydrogen (secondary N) is 1. The van der Waals surface area contributed by atoms with Gasteiger partial charge in [0.25, 0.3) is 0 Å². The molecule has 0 spiro atoms. The smallest absolute Gasteiger partial charge is 0.418 e. The summed E-state index contributed by atoms with van der Waals surface area (Å²) in [6, 6.07) is 3.79. The lowest BCUT2D eigenvalue weighted by Crippen LogP contribution is -2.22. The van der Waals surface area contributed by atoms with E-state index in [1.807, 2.05) is 19.0 Å². The van der Waals surface area contributed by atoms with Gasteiger partial charge in [0.15, 0.2) is 0 Å². The van der Waals surface area contributed by atoms with E-state index in [0.717, 1.165) is 12.3 Å². The number of alkyl halides is 3. The molecule has 0 atom stereocenters. The summed E-state index contributed by atoms with van der Waals surface area (Å²) in [5.41, 5.74) is -0.615. The van der Waals surface area contributed by atoms with E-state index in [2.05, 4.69) is 10.3 Å². The molecule has 0 radical (unpaired) electrons. The SMILES string of the molecule is CCOC(=O)c1cnc2c(C(F)(F)F)cccc2c1NCCN(C)C. The van der Waals surface area contributed by atoms with E-state index in [1.165, 1.54) is 12.1 Å². The van der Waals surface area contributed by atoms with E-state index in [-0.39, 0.29) is 23.1 Å². The second-order valence-electron chi connectivity index (χ2n) is 5.70. The Morgan fingerprint density at radius 2 is 2.04 bits per heavy atom. The van der Waals surface area contributed by atoms with Crippen LogP contribution in [0.15, 0.2) is 24.4 Å². The zero-order valence-corrected chi connectivity index (χ0v) is 14.3. The first kappa shape index (κ1) is 19.0. The molecule has 0 bridgehead atoms. The van der Waals surface area contributed by atoms with Crippen LogP contribution in [0.25, 0.3) is 10.9 Å². The average Bonchev–Trinajstić information content (AvgIpc) is 2.53. The Morgan fingerprint density at radius 1 is 1.32 bits per heavy atom. The molecule has 0 unspecified atom stereocenters. The summed E-state index contributed by atoms with van der Waals surface area (Å²) in [5.74, 6) is -0.623. The summed E-state index contributed by atoms with van der Waals surface area (Å²) >= 11 is 0. The van der Waals surface area contributed by atoms with E-state index in [9.17, 15) is 18.0 Å². The molecule has 25 heavy (non-hydrogen) atoms. The Bertz CT molecular complexity index is 761. The van der Waals surface area contributed by atoms with Crippen molar-refractivity contribution in [3.63, 3.8) is 0 Å². The molecular weight excluding hydrogens is 335 g/mol. The molecule has 2 aromatic rings. The van der Waals surface area contributed by atoms with E-state index in [4.69, 9.17) is 4.74 Å². The van der Waals surface area contributed by atoms with Crippen LogP contribution in [0, 0.1) is 0 Å². The maximum atomic E-state index is 13.2. The summed E-state index contributed by atoms with van der Waals surface area (Å²) < 4.78 is 44.7. The van der Waals surface area contributed by atoms with Crippen LogP contribution in [-0.4, -0.2) is 49.6 Å². The van der Waals surface area contributed by atoms with Gasteiger partial charge < -0.3 is 15.0 Å². The number of fused-ring (bicyclic) bond motifs is 1. The number of benzene rings is 1. The number of anilines is 1. The molecule has 0 aliphatic rings. The minimum absolute atomic E-state index is 0.118. The van der Waals surface area contributed by atoms with E-state index < -0.39 is 17.7 Å². The van der Waals surface area contributed by atoms with Crippen molar-refractivity contribution in [2.24, 2.45) is 0 Å². The van der Waals surface area contributed by atoms with Crippen LogP contribution in [0.2, 0.25) is 0 Å². The number of likely N-dealkylation sites (N-methyl/N-ethyl adjacent to an activating group) is 1. The number of hydrogen-bond donors (Lipinski definition) is 1. The van der Waals surface area contributed by atoms with Gasteiger partial charge in [0, 0.05) is 24.7 Å². The summed E-state index contributed by atoms with van der Waals surface area (Å²) in [6.45, 7) is 2.92. The minimum Gasteiger partial charge on any atom is -0.462 e. The van der Waals surface area contributed by atoms with Crippen molar-refractivity contribution in [1.29, 1.82) is 0 Å². The highest BCUT2D eigenvalue weighted by Gasteiger charge is 2.34. The minimum atomic E-state index is -4.53. The largest absolute Gasteiger partial charge is 0.462 e. The highest BCUT2D eigenvalue weighted by atomic mass is 19.4. The molecule has 8 heteroatoms. The zero-order valence-electron chi connectivity index (χ0n) is 14.3. The molecule has 1 heterocycles. The molecule has 1 aromatic carbocycles. The van der Waals surface area contributed by atoms with Gasteiger partial charge in [-0.05, 0) is 27.1 Å². The molecule has 1 N–H and O–H groups in total. The van der Waals surface area contributed by atoms with Crippen molar-refractivity contribution >= 4 is 22.6 Å². The third-order valence-corrected chi connectivity index (χ3v) is 3.56. The van der Waals surface area contributed by atoms with Crippen molar-refractivity contribution in [2.45, 2.75) is 13.1 Å². The van der Waals surface area contributed by atoms with E-state index in [0.29, 0.717) is 18.8 Å². The topological polar surface area (TPSA) is 54.5 Å². The lowest BCUT2D eigenvalue weighted by Gasteiger charge is -2.17. The molecular formula is C17H20F3N3O2.